The lowest BCUT2D eigenvalue weighted by molar-refractivity contribution is 0.0719. The smallest absolute Gasteiger partial charge is 0.256 e. The van der Waals surface area contributed by atoms with Gasteiger partial charge in [-0.3, -0.25) is 4.79 Å². The van der Waals surface area contributed by atoms with Crippen LogP contribution in [0.25, 0.3) is 0 Å². The van der Waals surface area contributed by atoms with E-state index in [1.54, 1.807) is 23.3 Å². The Morgan fingerprint density at radius 3 is 2.81 bits per heavy atom. The number of carbonyl (C=O) groups is 1. The fraction of sp³-hybridized carbons (Fsp3) is 0.267. The largest absolute Gasteiger partial charge is 0.467 e. The highest BCUT2D eigenvalue weighted by atomic mass is 35.5. The molecule has 3 nitrogen and oxygen atoms in total. The molecule has 2 heterocycles. The molecule has 110 valence electrons. The fourth-order valence-corrected chi connectivity index (χ4v) is 2.86. The van der Waals surface area contributed by atoms with Gasteiger partial charge in [0, 0.05) is 6.54 Å². The first-order chi connectivity index (χ1) is 10.1. The Morgan fingerprint density at radius 2 is 2.10 bits per heavy atom. The molecule has 0 N–H and O–H groups in total. The zero-order valence-corrected chi connectivity index (χ0v) is 11.7. The van der Waals surface area contributed by atoms with Crippen LogP contribution < -0.4 is 0 Å². The van der Waals surface area contributed by atoms with Crippen LogP contribution in [-0.2, 0) is 0 Å². The van der Waals surface area contributed by atoms with Gasteiger partial charge in [-0.05, 0) is 37.1 Å². The summed E-state index contributed by atoms with van der Waals surface area (Å²) in [5.41, 5.74) is -0.0333. The van der Waals surface area contributed by atoms with Crippen molar-refractivity contribution in [2.24, 2.45) is 0 Å². The zero-order chi connectivity index (χ0) is 15.0. The highest BCUT2D eigenvalue weighted by Crippen LogP contribution is 2.34. The topological polar surface area (TPSA) is 33.5 Å². The summed E-state index contributed by atoms with van der Waals surface area (Å²) in [5, 5.41) is -0.0935. The molecule has 1 aromatic heterocycles. The number of rotatable bonds is 2. The van der Waals surface area contributed by atoms with Gasteiger partial charge in [0.1, 0.15) is 5.76 Å². The molecule has 6 heteroatoms. The van der Waals surface area contributed by atoms with Crippen molar-refractivity contribution < 1.29 is 18.0 Å². The minimum Gasteiger partial charge on any atom is -0.467 e. The summed E-state index contributed by atoms with van der Waals surface area (Å²) < 4.78 is 31.8. The summed E-state index contributed by atoms with van der Waals surface area (Å²) in [6.45, 7) is 0.527. The second-order valence-corrected chi connectivity index (χ2v) is 5.33. The maximum absolute atomic E-state index is 13.4. The molecule has 1 atom stereocenters. The predicted octanol–water partition coefficient (Wildman–Crippen LogP) is 4.19. The van der Waals surface area contributed by atoms with Crippen LogP contribution in [0.1, 0.15) is 35.0 Å². The molecule has 1 aliphatic rings. The average molecular weight is 312 g/mol. The Balaban J connectivity index is 1.93. The van der Waals surface area contributed by atoms with Gasteiger partial charge in [-0.1, -0.05) is 11.6 Å². The van der Waals surface area contributed by atoms with E-state index >= 15 is 0 Å². The lowest BCUT2D eigenvalue weighted by atomic mass is 10.1. The minimum atomic E-state index is -1.09. The van der Waals surface area contributed by atoms with Gasteiger partial charge < -0.3 is 9.32 Å². The maximum atomic E-state index is 13.4. The number of benzene rings is 1. The van der Waals surface area contributed by atoms with E-state index in [0.29, 0.717) is 12.3 Å². The molecule has 1 fully saturated rings. The molecule has 1 aliphatic heterocycles. The van der Waals surface area contributed by atoms with Gasteiger partial charge in [-0.25, -0.2) is 8.78 Å². The van der Waals surface area contributed by atoms with Crippen molar-refractivity contribution in [1.82, 2.24) is 4.90 Å². The van der Waals surface area contributed by atoms with Crippen LogP contribution in [0.5, 0.6) is 0 Å². The number of hydrogen-bond donors (Lipinski definition) is 0. The number of likely N-dealkylation sites (tertiary alicyclic amines) is 1. The predicted molar refractivity (Wildman–Crippen MR) is 73.1 cm³/mol. The third kappa shape index (κ3) is 2.53. The standard InChI is InChI=1S/C15H12ClF2NO2/c16-10-8-12(18)11(17)7-9(10)15(20)19-5-1-3-13(19)14-4-2-6-21-14/h2,4,6-8,13H,1,3,5H2/t13-/m0/s1. The zero-order valence-electron chi connectivity index (χ0n) is 11.0. The molecule has 1 amide bonds. The number of furan rings is 1. The second kappa shape index (κ2) is 5.48. The first-order valence-electron chi connectivity index (χ1n) is 6.57. The molecule has 0 unspecified atom stereocenters. The van der Waals surface area contributed by atoms with Crippen LogP contribution in [0, 0.1) is 11.6 Å². The van der Waals surface area contributed by atoms with Gasteiger partial charge in [0.15, 0.2) is 11.6 Å². The molecule has 1 saturated heterocycles. The Labute approximate surface area is 125 Å². The second-order valence-electron chi connectivity index (χ2n) is 4.92. The maximum Gasteiger partial charge on any atom is 0.256 e. The van der Waals surface area contributed by atoms with Crippen molar-refractivity contribution in [1.29, 1.82) is 0 Å². The molecule has 1 aromatic carbocycles. The van der Waals surface area contributed by atoms with Gasteiger partial charge in [0.25, 0.3) is 5.91 Å². The summed E-state index contributed by atoms with van der Waals surface area (Å²) in [6.07, 6.45) is 3.12. The van der Waals surface area contributed by atoms with E-state index in [-0.39, 0.29) is 16.6 Å². The lowest BCUT2D eigenvalue weighted by Gasteiger charge is -2.23. The van der Waals surface area contributed by atoms with E-state index < -0.39 is 17.5 Å². The Morgan fingerprint density at radius 1 is 1.33 bits per heavy atom. The Kier molecular flexibility index (Phi) is 3.68. The van der Waals surface area contributed by atoms with Crippen molar-refractivity contribution in [2.45, 2.75) is 18.9 Å². The monoisotopic (exact) mass is 311 g/mol. The molecular formula is C15H12ClF2NO2. The molecule has 2 aromatic rings. The number of hydrogen-bond acceptors (Lipinski definition) is 2. The molecular weight excluding hydrogens is 300 g/mol. The highest BCUT2D eigenvalue weighted by molar-refractivity contribution is 6.33. The van der Waals surface area contributed by atoms with Crippen LogP contribution in [0.2, 0.25) is 5.02 Å². The number of carbonyl (C=O) groups excluding carboxylic acids is 1. The Hall–Kier alpha value is -1.88. The van der Waals surface area contributed by atoms with Crippen molar-refractivity contribution in [3.05, 3.63) is 58.5 Å². The summed E-state index contributed by atoms with van der Waals surface area (Å²) in [5.74, 6) is -1.89. The van der Waals surface area contributed by atoms with E-state index in [1.807, 2.05) is 0 Å². The van der Waals surface area contributed by atoms with Gasteiger partial charge in [0.05, 0.1) is 22.9 Å². The molecule has 3 rings (SSSR count). The minimum absolute atomic E-state index is 0.0333. The Bertz CT molecular complexity index is 673. The highest BCUT2D eigenvalue weighted by Gasteiger charge is 2.33. The fourth-order valence-electron chi connectivity index (χ4n) is 2.63. The molecule has 0 saturated carbocycles. The SMILES string of the molecule is O=C(c1cc(F)c(F)cc1Cl)N1CCC[C@H]1c1ccco1. The first kappa shape index (κ1) is 14.1. The van der Waals surface area contributed by atoms with Gasteiger partial charge in [-0.15, -0.1) is 0 Å². The lowest BCUT2D eigenvalue weighted by Crippen LogP contribution is -2.30. The molecule has 21 heavy (non-hydrogen) atoms. The normalized spacial score (nSPS) is 18.2. The van der Waals surface area contributed by atoms with Crippen LogP contribution in [0.3, 0.4) is 0 Å². The molecule has 0 spiro atoms. The summed E-state index contributed by atoms with van der Waals surface area (Å²) in [4.78, 5) is 14.1. The van der Waals surface area contributed by atoms with Crippen LogP contribution in [0.15, 0.2) is 34.9 Å². The van der Waals surface area contributed by atoms with Crippen LogP contribution in [0.4, 0.5) is 8.78 Å². The van der Waals surface area contributed by atoms with Crippen molar-refractivity contribution in [3.8, 4) is 0 Å². The van der Waals surface area contributed by atoms with E-state index in [9.17, 15) is 13.6 Å². The third-order valence-corrected chi connectivity index (χ3v) is 3.94. The molecule has 0 radical (unpaired) electrons. The first-order valence-corrected chi connectivity index (χ1v) is 6.94. The number of amides is 1. The summed E-state index contributed by atoms with van der Waals surface area (Å²) in [6, 6.07) is 5.01. The van der Waals surface area contributed by atoms with Crippen molar-refractivity contribution in [3.63, 3.8) is 0 Å². The van der Waals surface area contributed by atoms with Crippen molar-refractivity contribution in [2.75, 3.05) is 6.54 Å². The summed E-state index contributed by atoms with van der Waals surface area (Å²) in [7, 11) is 0. The number of halogens is 3. The average Bonchev–Trinajstić information content (AvgIpc) is 3.11. The van der Waals surface area contributed by atoms with Gasteiger partial charge in [0.2, 0.25) is 0 Å². The third-order valence-electron chi connectivity index (χ3n) is 3.63. The van der Waals surface area contributed by atoms with Gasteiger partial charge in [-0.2, -0.15) is 0 Å². The molecule has 0 aliphatic carbocycles. The van der Waals surface area contributed by atoms with Crippen molar-refractivity contribution >= 4 is 17.5 Å². The van der Waals surface area contributed by atoms with E-state index in [2.05, 4.69) is 0 Å². The van der Waals surface area contributed by atoms with Crippen LogP contribution in [-0.4, -0.2) is 17.4 Å². The molecule has 0 bridgehead atoms. The number of nitrogens with zero attached hydrogens (tertiary/aromatic N) is 1. The quantitative estimate of drug-likeness (QED) is 0.779. The van der Waals surface area contributed by atoms with E-state index in [0.717, 1.165) is 25.0 Å². The van der Waals surface area contributed by atoms with Crippen LogP contribution >= 0.6 is 11.6 Å². The summed E-state index contributed by atoms with van der Waals surface area (Å²) >= 11 is 5.87. The van der Waals surface area contributed by atoms with E-state index in [4.69, 9.17) is 16.0 Å². The van der Waals surface area contributed by atoms with E-state index in [1.165, 1.54) is 0 Å². The van der Waals surface area contributed by atoms with Gasteiger partial charge >= 0.3 is 0 Å².